The molecule has 4 aliphatic rings. The van der Waals surface area contributed by atoms with E-state index in [9.17, 15) is 26.4 Å². The summed E-state index contributed by atoms with van der Waals surface area (Å²) >= 11 is 0. The van der Waals surface area contributed by atoms with Gasteiger partial charge in [-0.1, -0.05) is 103 Å². The second-order valence-electron chi connectivity index (χ2n) is 17.2. The van der Waals surface area contributed by atoms with E-state index in [2.05, 4.69) is 95.7 Å². The molecule has 15 nitrogen and oxygen atoms in total. The van der Waals surface area contributed by atoms with Gasteiger partial charge in [-0.05, 0) is 114 Å². The summed E-state index contributed by atoms with van der Waals surface area (Å²) in [6, 6.07) is 20.5. The molecular weight excluding hydrogens is 930 g/mol. The van der Waals surface area contributed by atoms with Crippen LogP contribution in [0.1, 0.15) is 137 Å². The quantitative estimate of drug-likeness (QED) is 0.162. The number of hydrogen-bond donors (Lipinski definition) is 2. The molecule has 68 heavy (non-hydrogen) atoms. The summed E-state index contributed by atoms with van der Waals surface area (Å²) in [7, 11) is 0.896. The van der Waals surface area contributed by atoms with Gasteiger partial charge in [0.05, 0.1) is 63.2 Å². The molecule has 0 aromatic heterocycles. The van der Waals surface area contributed by atoms with Crippen LogP contribution in [0, 0.1) is 0 Å². The first-order valence-corrected chi connectivity index (χ1v) is 28.1. The molecule has 0 radical (unpaired) electrons. The lowest BCUT2D eigenvalue weighted by Crippen LogP contribution is -2.50. The molecule has 2 saturated heterocycles. The molecule has 2 aromatic rings. The Hall–Kier alpha value is -3.03. The topological polar surface area (TPSA) is 187 Å². The van der Waals surface area contributed by atoms with Crippen LogP contribution in [0.5, 0.6) is 0 Å². The van der Waals surface area contributed by atoms with Crippen molar-refractivity contribution in [1.82, 2.24) is 19.4 Å². The average Bonchev–Trinajstić information content (AvgIpc) is 3.92. The molecule has 2 unspecified atom stereocenters. The molecule has 2 aliphatic carbocycles. The van der Waals surface area contributed by atoms with E-state index in [1.165, 1.54) is 51.9 Å². The highest BCUT2D eigenvalue weighted by atomic mass is 35.7. The zero-order chi connectivity index (χ0) is 48.7. The highest BCUT2D eigenvalue weighted by Gasteiger charge is 2.40. The van der Waals surface area contributed by atoms with Crippen molar-refractivity contribution in [2.24, 2.45) is 5.73 Å². The summed E-state index contributed by atoms with van der Waals surface area (Å²) in [6.45, 7) is 15.2. The first-order chi connectivity index (χ1) is 31.5. The molecule has 2 heterocycles. The minimum atomic E-state index is -3.36. The zero-order valence-electron chi connectivity index (χ0n) is 40.5. The highest BCUT2D eigenvalue weighted by molar-refractivity contribution is 8.13. The van der Waals surface area contributed by atoms with E-state index >= 15 is 0 Å². The highest BCUT2D eigenvalue weighted by Crippen LogP contribution is 2.36. The van der Waals surface area contributed by atoms with Crippen molar-refractivity contribution in [3.05, 3.63) is 71.8 Å². The molecular formula is C50H88ClN5O10S2. The minimum Gasteiger partial charge on any atom is -0.453 e. The van der Waals surface area contributed by atoms with Gasteiger partial charge in [0.2, 0.25) is 19.1 Å². The summed E-state index contributed by atoms with van der Waals surface area (Å²) in [4.78, 5) is 29.6. The van der Waals surface area contributed by atoms with Crippen molar-refractivity contribution >= 4 is 41.9 Å². The largest absolute Gasteiger partial charge is 0.453 e. The van der Waals surface area contributed by atoms with Crippen LogP contribution in [0.2, 0.25) is 0 Å². The lowest BCUT2D eigenvalue weighted by molar-refractivity contribution is -0.00535. The maximum atomic E-state index is 12.1. The lowest BCUT2D eigenvalue weighted by atomic mass is 9.83. The number of nitrogens with zero attached hydrogens (tertiary/aromatic N) is 3. The SMILES string of the molecule is C.C.CCN(CC)CC.CCS(=O)(=O)Cl.CCS(=O)(=O)N[C@H]1CCN(C(=O)OC)C1COC1CCC(c2ccccc2)CC1.COC(=O)N1CC[C@H](N)C1COC1CCC(c2ccccc2)CC1. The van der Waals surface area contributed by atoms with Crippen LogP contribution in [0.15, 0.2) is 60.7 Å². The Morgan fingerprint density at radius 1 is 0.632 bits per heavy atom. The van der Waals surface area contributed by atoms with E-state index in [-0.39, 0.29) is 68.8 Å². The van der Waals surface area contributed by atoms with Crippen LogP contribution in [0.4, 0.5) is 9.59 Å². The maximum absolute atomic E-state index is 12.1. The van der Waals surface area contributed by atoms with Gasteiger partial charge >= 0.3 is 12.2 Å². The number of nitrogens with two attached hydrogens (primary N) is 1. The number of ether oxygens (including phenoxy) is 4. The standard InChI is InChI=1S/C21H32N2O5S.C19H28N2O3.C6H15N.C2H5ClO2S.2CH4/c1-3-29(25,26)22-19-13-14-23(21(24)27-2)20(19)15-28-18-11-9-17(10-12-18)16-7-5-4-6-8-16;1-23-19(22)21-12-11-17(20)18(21)13-24-16-9-7-15(8-10-16)14-5-3-2-4-6-14;1-4-7(5-2)6-3;1-2-6(3,4)5;;/h4-8,17-20,22H,3,9-15H2,1-2H3;2-6,15-18H,7-13,20H2,1H3;4-6H2,1-3H3;2H2,1H3;2*1H4/t17?,18?,19-,20?;15?,16?,17-,18?;;;;/m00..../s1. The number of sulfonamides is 1. The summed E-state index contributed by atoms with van der Waals surface area (Å²) in [6.07, 6.45) is 9.58. The molecule has 0 spiro atoms. The average molecular weight is 1020 g/mol. The van der Waals surface area contributed by atoms with E-state index in [1.807, 2.05) is 6.07 Å². The number of rotatable bonds is 15. The molecule has 392 valence electrons. The van der Waals surface area contributed by atoms with Crippen molar-refractivity contribution in [2.45, 2.75) is 162 Å². The Bertz CT molecular complexity index is 1880. The van der Waals surface area contributed by atoms with Crippen LogP contribution < -0.4 is 10.5 Å². The Kier molecular flexibility index (Phi) is 30.4. The summed E-state index contributed by atoms with van der Waals surface area (Å²) in [5.41, 5.74) is 8.96. The van der Waals surface area contributed by atoms with Crippen LogP contribution in [0.3, 0.4) is 0 Å². The smallest absolute Gasteiger partial charge is 0.409 e. The van der Waals surface area contributed by atoms with Gasteiger partial charge in [0.15, 0.2) is 0 Å². The molecule has 18 heteroatoms. The molecule has 2 amide bonds. The number of hydrogen-bond acceptors (Lipinski definition) is 12. The monoisotopic (exact) mass is 1020 g/mol. The van der Waals surface area contributed by atoms with Gasteiger partial charge < -0.3 is 39.4 Å². The normalized spacial score (nSPS) is 24.6. The van der Waals surface area contributed by atoms with Crippen LogP contribution >= 0.6 is 10.7 Å². The number of likely N-dealkylation sites (tertiary alicyclic amines) is 2. The third kappa shape index (κ3) is 21.5. The van der Waals surface area contributed by atoms with E-state index in [1.54, 1.807) is 16.7 Å². The number of amides is 2. The fourth-order valence-electron chi connectivity index (χ4n) is 9.01. The Morgan fingerprint density at radius 3 is 1.37 bits per heavy atom. The summed E-state index contributed by atoms with van der Waals surface area (Å²) in [5.74, 6) is 1.23. The van der Waals surface area contributed by atoms with Crippen molar-refractivity contribution in [2.75, 3.05) is 71.7 Å². The zero-order valence-corrected chi connectivity index (χ0v) is 42.9. The molecule has 3 N–H and O–H groups in total. The van der Waals surface area contributed by atoms with Gasteiger partial charge in [-0.25, -0.2) is 31.1 Å². The van der Waals surface area contributed by atoms with Crippen molar-refractivity contribution in [3.63, 3.8) is 0 Å². The third-order valence-electron chi connectivity index (χ3n) is 13.3. The van der Waals surface area contributed by atoms with Gasteiger partial charge in [-0.15, -0.1) is 0 Å². The first kappa shape index (κ1) is 63.0. The number of benzene rings is 2. The second-order valence-corrected chi connectivity index (χ2v) is 22.3. The Morgan fingerprint density at radius 2 is 1.01 bits per heavy atom. The third-order valence-corrected chi connectivity index (χ3v) is 16.0. The van der Waals surface area contributed by atoms with Crippen molar-refractivity contribution < 1.29 is 45.4 Å². The van der Waals surface area contributed by atoms with Crippen LogP contribution in [-0.4, -0.2) is 152 Å². The predicted octanol–water partition coefficient (Wildman–Crippen LogP) is 8.97. The fourth-order valence-corrected chi connectivity index (χ4v) is 9.91. The fraction of sp³-hybridized carbons (Fsp3) is 0.720. The van der Waals surface area contributed by atoms with E-state index in [0.717, 1.165) is 57.8 Å². The minimum absolute atomic E-state index is 0. The summed E-state index contributed by atoms with van der Waals surface area (Å²) in [5, 5.41) is 0. The van der Waals surface area contributed by atoms with Crippen molar-refractivity contribution in [3.8, 4) is 0 Å². The predicted molar refractivity (Wildman–Crippen MR) is 276 cm³/mol. The number of methoxy groups -OCH3 is 2. The van der Waals surface area contributed by atoms with Crippen LogP contribution in [-0.2, 0) is 38.0 Å². The molecule has 0 bridgehead atoms. The molecule has 2 saturated carbocycles. The molecule has 2 aromatic carbocycles. The van der Waals surface area contributed by atoms with E-state index in [0.29, 0.717) is 44.6 Å². The number of carbonyl (C=O) groups excluding carboxylic acids is 2. The van der Waals surface area contributed by atoms with Crippen LogP contribution in [0.25, 0.3) is 0 Å². The van der Waals surface area contributed by atoms with E-state index in [4.69, 9.17) is 24.7 Å². The van der Waals surface area contributed by atoms with Gasteiger partial charge in [-0.2, -0.15) is 0 Å². The van der Waals surface area contributed by atoms with E-state index < -0.39 is 25.2 Å². The van der Waals surface area contributed by atoms with Gasteiger partial charge in [0, 0.05) is 35.9 Å². The Labute approximate surface area is 416 Å². The van der Waals surface area contributed by atoms with Gasteiger partial charge in [-0.3, -0.25) is 0 Å². The Balaban J connectivity index is 0.000000532. The number of halogens is 1. The first-order valence-electron chi connectivity index (χ1n) is 24.0. The second kappa shape index (κ2) is 32.8. The molecule has 4 atom stereocenters. The number of nitrogens with one attached hydrogen (secondary N) is 1. The number of carbonyl (C=O) groups is 2. The van der Waals surface area contributed by atoms with Gasteiger partial charge in [0.25, 0.3) is 0 Å². The molecule has 6 rings (SSSR count). The molecule has 4 fully saturated rings. The maximum Gasteiger partial charge on any atom is 0.409 e. The molecule has 2 aliphatic heterocycles. The van der Waals surface area contributed by atoms with Crippen molar-refractivity contribution in [1.29, 1.82) is 0 Å². The lowest BCUT2D eigenvalue weighted by Gasteiger charge is -2.32. The van der Waals surface area contributed by atoms with Gasteiger partial charge in [0.1, 0.15) is 0 Å². The summed E-state index contributed by atoms with van der Waals surface area (Å²) < 4.78 is 68.3.